The van der Waals surface area contributed by atoms with Crippen LogP contribution in [-0.4, -0.2) is 26.2 Å². The molecule has 2 N–H and O–H groups in total. The van der Waals surface area contributed by atoms with Crippen molar-refractivity contribution in [2.75, 3.05) is 20.1 Å². The highest BCUT2D eigenvalue weighted by molar-refractivity contribution is 4.63. The zero-order chi connectivity index (χ0) is 8.53. The summed E-state index contributed by atoms with van der Waals surface area (Å²) in [5, 5.41) is 6.62. The molecular weight excluding hydrogens is 136 g/mol. The van der Waals surface area contributed by atoms with Gasteiger partial charge in [-0.3, -0.25) is 0 Å². The second kappa shape index (κ2) is 8.02. The fourth-order valence-electron chi connectivity index (χ4n) is 1.26. The molecule has 0 radical (unpaired) electrons. The van der Waals surface area contributed by atoms with Crippen LogP contribution >= 0.6 is 0 Å². The SMILES string of the molecule is CCNC(CC)CCCNC. The average Bonchev–Trinajstić information content (AvgIpc) is 2.03. The van der Waals surface area contributed by atoms with Gasteiger partial charge in [-0.1, -0.05) is 13.8 Å². The number of nitrogens with one attached hydrogen (secondary N) is 2. The summed E-state index contributed by atoms with van der Waals surface area (Å²) in [6, 6.07) is 0.730. The summed E-state index contributed by atoms with van der Waals surface area (Å²) in [7, 11) is 2.01. The highest BCUT2D eigenvalue weighted by Gasteiger charge is 2.01. The van der Waals surface area contributed by atoms with Gasteiger partial charge >= 0.3 is 0 Å². The summed E-state index contributed by atoms with van der Waals surface area (Å²) < 4.78 is 0. The molecule has 0 aromatic heterocycles. The van der Waals surface area contributed by atoms with Crippen LogP contribution in [0.1, 0.15) is 33.1 Å². The highest BCUT2D eigenvalue weighted by atomic mass is 14.9. The summed E-state index contributed by atoms with van der Waals surface area (Å²) in [5.41, 5.74) is 0. The predicted molar refractivity (Wildman–Crippen MR) is 50.9 cm³/mol. The Morgan fingerprint density at radius 1 is 1.27 bits per heavy atom. The third-order valence-corrected chi connectivity index (χ3v) is 1.96. The molecule has 0 aliphatic rings. The number of hydrogen-bond acceptors (Lipinski definition) is 2. The summed E-state index contributed by atoms with van der Waals surface area (Å²) in [6.07, 6.45) is 3.82. The minimum Gasteiger partial charge on any atom is -0.320 e. The van der Waals surface area contributed by atoms with E-state index in [9.17, 15) is 0 Å². The van der Waals surface area contributed by atoms with Crippen LogP contribution in [0.5, 0.6) is 0 Å². The Morgan fingerprint density at radius 2 is 2.00 bits per heavy atom. The largest absolute Gasteiger partial charge is 0.320 e. The fourth-order valence-corrected chi connectivity index (χ4v) is 1.26. The maximum Gasteiger partial charge on any atom is 0.00647 e. The van der Waals surface area contributed by atoms with Gasteiger partial charge in [-0.2, -0.15) is 0 Å². The molecule has 0 saturated heterocycles. The van der Waals surface area contributed by atoms with Crippen LogP contribution in [0.3, 0.4) is 0 Å². The molecule has 2 heteroatoms. The normalized spacial score (nSPS) is 13.4. The van der Waals surface area contributed by atoms with E-state index in [1.807, 2.05) is 7.05 Å². The second-order valence-corrected chi connectivity index (χ2v) is 2.91. The average molecular weight is 158 g/mol. The van der Waals surface area contributed by atoms with Gasteiger partial charge < -0.3 is 10.6 Å². The molecule has 1 unspecified atom stereocenters. The van der Waals surface area contributed by atoms with Gasteiger partial charge in [0.05, 0.1) is 0 Å². The van der Waals surface area contributed by atoms with E-state index in [1.165, 1.54) is 19.3 Å². The quantitative estimate of drug-likeness (QED) is 0.547. The maximum absolute atomic E-state index is 3.46. The molecular formula is C9H22N2. The molecule has 0 aliphatic heterocycles. The van der Waals surface area contributed by atoms with Crippen LogP contribution < -0.4 is 10.6 Å². The highest BCUT2D eigenvalue weighted by Crippen LogP contribution is 1.99. The van der Waals surface area contributed by atoms with Gasteiger partial charge in [0.1, 0.15) is 0 Å². The van der Waals surface area contributed by atoms with E-state index >= 15 is 0 Å². The van der Waals surface area contributed by atoms with Crippen LogP contribution in [0, 0.1) is 0 Å². The topological polar surface area (TPSA) is 24.1 Å². The summed E-state index contributed by atoms with van der Waals surface area (Å²) >= 11 is 0. The van der Waals surface area contributed by atoms with Gasteiger partial charge in [0.25, 0.3) is 0 Å². The van der Waals surface area contributed by atoms with Crippen molar-refractivity contribution in [1.29, 1.82) is 0 Å². The molecule has 0 rings (SSSR count). The Kier molecular flexibility index (Phi) is 7.96. The van der Waals surface area contributed by atoms with Crippen LogP contribution in [0.4, 0.5) is 0 Å². The zero-order valence-corrected chi connectivity index (χ0v) is 8.11. The molecule has 0 fully saturated rings. The third-order valence-electron chi connectivity index (χ3n) is 1.96. The smallest absolute Gasteiger partial charge is 0.00647 e. The Morgan fingerprint density at radius 3 is 2.45 bits per heavy atom. The Bertz CT molecular complexity index is 74.0. The van der Waals surface area contributed by atoms with Crippen molar-refractivity contribution in [1.82, 2.24) is 10.6 Å². The zero-order valence-electron chi connectivity index (χ0n) is 8.11. The summed E-state index contributed by atoms with van der Waals surface area (Å²) in [6.45, 7) is 6.65. The Labute approximate surface area is 70.8 Å². The van der Waals surface area contributed by atoms with Crippen LogP contribution in [-0.2, 0) is 0 Å². The monoisotopic (exact) mass is 158 g/mol. The van der Waals surface area contributed by atoms with Gasteiger partial charge in [0, 0.05) is 6.04 Å². The van der Waals surface area contributed by atoms with Gasteiger partial charge in [-0.15, -0.1) is 0 Å². The van der Waals surface area contributed by atoms with Crippen LogP contribution in [0.2, 0.25) is 0 Å². The summed E-state index contributed by atoms with van der Waals surface area (Å²) in [4.78, 5) is 0. The van der Waals surface area contributed by atoms with Crippen molar-refractivity contribution in [3.05, 3.63) is 0 Å². The first kappa shape index (κ1) is 10.9. The lowest BCUT2D eigenvalue weighted by molar-refractivity contribution is 0.463. The first-order valence-electron chi connectivity index (χ1n) is 4.73. The molecule has 0 heterocycles. The number of rotatable bonds is 7. The number of hydrogen-bond donors (Lipinski definition) is 2. The first-order valence-corrected chi connectivity index (χ1v) is 4.73. The van der Waals surface area contributed by atoms with Crippen molar-refractivity contribution in [3.8, 4) is 0 Å². The molecule has 2 nitrogen and oxygen atoms in total. The lowest BCUT2D eigenvalue weighted by Crippen LogP contribution is -2.28. The van der Waals surface area contributed by atoms with E-state index in [4.69, 9.17) is 0 Å². The Hall–Kier alpha value is -0.0800. The molecule has 1 atom stereocenters. The molecule has 0 bridgehead atoms. The van der Waals surface area contributed by atoms with Gasteiger partial charge in [0.15, 0.2) is 0 Å². The van der Waals surface area contributed by atoms with E-state index in [2.05, 4.69) is 24.5 Å². The van der Waals surface area contributed by atoms with E-state index in [1.54, 1.807) is 0 Å². The van der Waals surface area contributed by atoms with E-state index in [-0.39, 0.29) is 0 Å². The first-order chi connectivity index (χ1) is 5.35. The molecule has 0 aliphatic carbocycles. The van der Waals surface area contributed by atoms with E-state index in [0.29, 0.717) is 0 Å². The van der Waals surface area contributed by atoms with Gasteiger partial charge in [-0.05, 0) is 39.4 Å². The van der Waals surface area contributed by atoms with Crippen molar-refractivity contribution < 1.29 is 0 Å². The molecule has 11 heavy (non-hydrogen) atoms. The molecule has 0 aromatic rings. The summed E-state index contributed by atoms with van der Waals surface area (Å²) in [5.74, 6) is 0. The lowest BCUT2D eigenvalue weighted by atomic mass is 10.1. The van der Waals surface area contributed by atoms with Crippen molar-refractivity contribution in [2.45, 2.75) is 39.2 Å². The molecule has 0 amide bonds. The van der Waals surface area contributed by atoms with Crippen molar-refractivity contribution >= 4 is 0 Å². The van der Waals surface area contributed by atoms with Gasteiger partial charge in [0.2, 0.25) is 0 Å². The lowest BCUT2D eigenvalue weighted by Gasteiger charge is -2.14. The van der Waals surface area contributed by atoms with E-state index in [0.717, 1.165) is 19.1 Å². The predicted octanol–water partition coefficient (Wildman–Crippen LogP) is 1.37. The third kappa shape index (κ3) is 6.32. The Balaban J connectivity index is 3.20. The van der Waals surface area contributed by atoms with Crippen molar-refractivity contribution in [3.63, 3.8) is 0 Å². The molecule has 0 spiro atoms. The minimum atomic E-state index is 0.730. The molecule has 68 valence electrons. The molecule has 0 saturated carbocycles. The fraction of sp³-hybridized carbons (Fsp3) is 1.00. The van der Waals surface area contributed by atoms with Crippen LogP contribution in [0.15, 0.2) is 0 Å². The maximum atomic E-state index is 3.46. The second-order valence-electron chi connectivity index (χ2n) is 2.91. The van der Waals surface area contributed by atoms with E-state index < -0.39 is 0 Å². The van der Waals surface area contributed by atoms with Crippen molar-refractivity contribution in [2.24, 2.45) is 0 Å². The van der Waals surface area contributed by atoms with Gasteiger partial charge in [-0.25, -0.2) is 0 Å². The minimum absolute atomic E-state index is 0.730. The standard InChI is InChI=1S/C9H22N2/c1-4-9(11-5-2)7-6-8-10-3/h9-11H,4-8H2,1-3H3. The van der Waals surface area contributed by atoms with Crippen LogP contribution in [0.25, 0.3) is 0 Å². The molecule has 0 aromatic carbocycles.